The summed E-state index contributed by atoms with van der Waals surface area (Å²) in [6.07, 6.45) is 0. The zero-order valence-electron chi connectivity index (χ0n) is 27.7. The number of hydrogen-bond donors (Lipinski definition) is 0. The van der Waals surface area contributed by atoms with E-state index in [9.17, 15) is 43.2 Å². The van der Waals surface area contributed by atoms with Gasteiger partial charge >= 0.3 is 307 Å². The van der Waals surface area contributed by atoms with Crippen molar-refractivity contribution in [1.82, 2.24) is 0 Å². The van der Waals surface area contributed by atoms with Gasteiger partial charge in [0.15, 0.2) is 0 Å². The van der Waals surface area contributed by atoms with Gasteiger partial charge in [0.05, 0.1) is 0 Å². The molecule has 0 N–H and O–H groups in total. The first kappa shape index (κ1) is 42.2. The van der Waals surface area contributed by atoms with Gasteiger partial charge in [-0.2, -0.15) is 0 Å². The van der Waals surface area contributed by atoms with Gasteiger partial charge in [-0.1, -0.05) is 0 Å². The van der Waals surface area contributed by atoms with Crippen molar-refractivity contribution >= 4 is 60.7 Å². The van der Waals surface area contributed by atoms with Gasteiger partial charge in [-0.25, -0.2) is 0 Å². The molecule has 0 atom stereocenters. The molecule has 6 nitrogen and oxygen atoms in total. The fraction of sp³-hybridized carbons (Fsp3) is 0.294. The van der Waals surface area contributed by atoms with E-state index in [0.717, 1.165) is 11.1 Å². The third-order valence-electron chi connectivity index (χ3n) is 6.54. The predicted molar refractivity (Wildman–Crippen MR) is 198 cm³/mol. The van der Waals surface area contributed by atoms with Crippen molar-refractivity contribution in [3.8, 4) is 0 Å². The Bertz CT molecular complexity index is 1810. The molecular weight excluding hydrogens is 936 g/mol. The first-order valence-corrected chi connectivity index (χ1v) is 23.5. The van der Waals surface area contributed by atoms with E-state index < -0.39 is 71.7 Å². The maximum absolute atomic E-state index is 13.0. The summed E-state index contributed by atoms with van der Waals surface area (Å²) in [5.74, 6) is 0. The summed E-state index contributed by atoms with van der Waals surface area (Å²) in [6, 6.07) is 30.2. The summed E-state index contributed by atoms with van der Waals surface area (Å²) < 4.78 is 134. The van der Waals surface area contributed by atoms with Crippen LogP contribution in [0, 0.1) is 14.3 Å². The number of rotatable bonds is 8. The van der Waals surface area contributed by atoms with Gasteiger partial charge < -0.3 is 0 Å². The van der Waals surface area contributed by atoms with Crippen LogP contribution in [-0.2, 0) is 36.1 Å². The second-order valence-electron chi connectivity index (χ2n) is 12.5. The fourth-order valence-corrected chi connectivity index (χ4v) is 16.7. The topological polar surface area (TPSA) is 86.7 Å². The summed E-state index contributed by atoms with van der Waals surface area (Å²) in [7, 11) is -11.3. The Morgan fingerprint density at radius 2 is 0.660 bits per heavy atom. The molecule has 0 aliphatic heterocycles. The van der Waals surface area contributed by atoms with Crippen molar-refractivity contribution in [3.63, 3.8) is 0 Å². The standard InChI is InChI=1S/C21H26F3IO3S.C13H10F3IO3S/c1-19(2,3)15-7-11-17(12-8-15)25(28-29(26,27)21(22,23)24)18-13-9-16(10-14-18)20(4,5)6;14-13(15,16)21(18,19)20-17(11-7-3-1-4-8-11)12-9-5-2-6-10-12/h7-14H,1-6H3;1-10H. The average molecular weight is 973 g/mol. The molecule has 0 aliphatic rings. The Morgan fingerprint density at radius 1 is 0.420 bits per heavy atom. The van der Waals surface area contributed by atoms with Gasteiger partial charge in [0.1, 0.15) is 0 Å². The van der Waals surface area contributed by atoms with Gasteiger partial charge in [-0.3, -0.25) is 0 Å². The van der Waals surface area contributed by atoms with Gasteiger partial charge in [-0.05, 0) is 0 Å². The van der Waals surface area contributed by atoms with Crippen LogP contribution in [0.2, 0.25) is 0 Å². The molecule has 4 rings (SSSR count). The van der Waals surface area contributed by atoms with E-state index in [0.29, 0.717) is 14.3 Å². The molecule has 16 heteroatoms. The van der Waals surface area contributed by atoms with Crippen LogP contribution in [0.15, 0.2) is 109 Å². The molecule has 50 heavy (non-hydrogen) atoms. The van der Waals surface area contributed by atoms with E-state index in [1.807, 2.05) is 65.8 Å². The van der Waals surface area contributed by atoms with Crippen LogP contribution in [-0.4, -0.2) is 27.9 Å². The molecule has 4 aromatic carbocycles. The molecule has 0 fully saturated rings. The van der Waals surface area contributed by atoms with Crippen LogP contribution in [0.1, 0.15) is 52.7 Å². The normalized spacial score (nSPS) is 13.6. The molecule has 276 valence electrons. The van der Waals surface area contributed by atoms with Crippen molar-refractivity contribution < 1.29 is 48.2 Å². The van der Waals surface area contributed by atoms with Gasteiger partial charge in [0, 0.05) is 0 Å². The predicted octanol–water partition coefficient (Wildman–Crippen LogP) is 10.6. The first-order chi connectivity index (χ1) is 22.8. The Kier molecular flexibility index (Phi) is 13.6. The van der Waals surface area contributed by atoms with E-state index in [1.54, 1.807) is 84.9 Å². The molecule has 0 unspecified atom stereocenters. The van der Waals surface area contributed by atoms with Crippen LogP contribution in [0.3, 0.4) is 0 Å². The van der Waals surface area contributed by atoms with Crippen LogP contribution in [0.4, 0.5) is 26.3 Å². The molecule has 0 radical (unpaired) electrons. The molecule has 0 heterocycles. The fourth-order valence-electron chi connectivity index (χ4n) is 3.82. The van der Waals surface area contributed by atoms with Crippen molar-refractivity contribution in [3.05, 3.63) is 135 Å². The average Bonchev–Trinajstić information content (AvgIpc) is 3.02. The van der Waals surface area contributed by atoms with E-state index in [4.69, 9.17) is 2.51 Å². The number of halogens is 8. The quantitative estimate of drug-likeness (QED) is 0.0993. The summed E-state index contributed by atoms with van der Waals surface area (Å²) >= 11 is -6.55. The SMILES string of the molecule is CC(C)(C)c1ccc(I(OS(=O)(=O)C(F)(F)F)c2ccc(C(C)(C)C)cc2)cc1.O=S(=O)(OI(c1ccccc1)c1ccccc1)C(F)(F)F. The summed E-state index contributed by atoms with van der Waals surface area (Å²) in [6.45, 7) is 12.1. The van der Waals surface area contributed by atoms with E-state index in [-0.39, 0.29) is 10.8 Å². The summed E-state index contributed by atoms with van der Waals surface area (Å²) in [4.78, 5) is 0. The van der Waals surface area contributed by atoms with Crippen LogP contribution in [0.25, 0.3) is 0 Å². The van der Waals surface area contributed by atoms with E-state index in [2.05, 4.69) is 2.51 Å². The third-order valence-corrected chi connectivity index (χ3v) is 20.7. The molecule has 0 saturated heterocycles. The van der Waals surface area contributed by atoms with Crippen molar-refractivity contribution in [2.24, 2.45) is 0 Å². The number of benzene rings is 4. The van der Waals surface area contributed by atoms with Crippen LogP contribution >= 0.6 is 40.5 Å². The molecule has 0 bridgehead atoms. The Balaban J connectivity index is 0.000000284. The molecular formula is C34H36F6I2O6S2. The molecule has 0 amide bonds. The second-order valence-corrected chi connectivity index (χ2v) is 25.5. The first-order valence-electron chi connectivity index (χ1n) is 14.6. The van der Waals surface area contributed by atoms with Crippen LogP contribution in [0.5, 0.6) is 0 Å². The summed E-state index contributed by atoms with van der Waals surface area (Å²) in [5, 5.41) is 0. The number of hydrogen-bond acceptors (Lipinski definition) is 6. The minimum absolute atomic E-state index is 0.134. The maximum atomic E-state index is 13.0. The van der Waals surface area contributed by atoms with E-state index in [1.165, 1.54) is 0 Å². The van der Waals surface area contributed by atoms with Crippen LogP contribution < -0.4 is 0 Å². The molecule has 0 aliphatic carbocycles. The molecule has 0 saturated carbocycles. The second kappa shape index (κ2) is 16.2. The van der Waals surface area contributed by atoms with Crippen molar-refractivity contribution in [1.29, 1.82) is 0 Å². The molecule has 0 spiro atoms. The zero-order chi connectivity index (χ0) is 37.8. The minimum atomic E-state index is -5.70. The van der Waals surface area contributed by atoms with Gasteiger partial charge in [0.2, 0.25) is 0 Å². The van der Waals surface area contributed by atoms with E-state index >= 15 is 0 Å². The molecule has 0 aromatic heterocycles. The summed E-state index contributed by atoms with van der Waals surface area (Å²) in [5.41, 5.74) is -9.15. The number of alkyl halides is 6. The van der Waals surface area contributed by atoms with Crippen molar-refractivity contribution in [2.75, 3.05) is 0 Å². The Labute approximate surface area is 304 Å². The monoisotopic (exact) mass is 972 g/mol. The third kappa shape index (κ3) is 11.4. The Hall–Kier alpha value is -2.26. The Morgan fingerprint density at radius 3 is 0.880 bits per heavy atom. The van der Waals surface area contributed by atoms with Gasteiger partial charge in [-0.15, -0.1) is 0 Å². The van der Waals surface area contributed by atoms with Gasteiger partial charge in [0.25, 0.3) is 0 Å². The van der Waals surface area contributed by atoms with Crippen molar-refractivity contribution in [2.45, 2.75) is 63.4 Å². The molecule has 4 aromatic rings. The zero-order valence-corrected chi connectivity index (χ0v) is 33.6.